The minimum Gasteiger partial charge on any atom is -0.478 e. The molecule has 8 aliphatic rings. The van der Waals surface area contributed by atoms with Gasteiger partial charge in [-0.25, -0.2) is 14.3 Å². The van der Waals surface area contributed by atoms with E-state index in [1.54, 1.807) is 84.9 Å². The first-order chi connectivity index (χ1) is 51.6. The Hall–Kier alpha value is -10.6. The predicted octanol–water partition coefficient (Wildman–Crippen LogP) is 6.66. The summed E-state index contributed by atoms with van der Waals surface area (Å²) < 4.78 is 47.2. The Bertz CT molecular complexity index is 4730. The van der Waals surface area contributed by atoms with E-state index in [1.807, 2.05) is 4.68 Å². The molecule has 4 aromatic carbocycles. The molecule has 13 rings (SSSR count). The maximum absolute atomic E-state index is 13.2. The first-order valence-corrected chi connectivity index (χ1v) is 35.7. The summed E-state index contributed by atoms with van der Waals surface area (Å²) in [7, 11) is 0. The van der Waals surface area contributed by atoms with Crippen LogP contribution in [0.15, 0.2) is 123 Å². The molecule has 5 aromatic rings. The monoisotopic (exact) mass is 1450 g/mol. The predicted molar refractivity (Wildman–Crippen MR) is 390 cm³/mol. The lowest BCUT2D eigenvalue weighted by Gasteiger charge is -2.18. The van der Waals surface area contributed by atoms with Crippen molar-refractivity contribution in [3.05, 3.63) is 154 Å². The van der Waals surface area contributed by atoms with Crippen LogP contribution in [0.5, 0.6) is 0 Å². The molecule has 106 heavy (non-hydrogen) atoms. The summed E-state index contributed by atoms with van der Waals surface area (Å²) in [6.07, 6.45) is 8.59. The molecule has 28 nitrogen and oxygen atoms in total. The highest BCUT2D eigenvalue weighted by Crippen LogP contribution is 2.53. The summed E-state index contributed by atoms with van der Waals surface area (Å²) >= 11 is 0. The van der Waals surface area contributed by atoms with E-state index in [0.717, 1.165) is 56.1 Å². The van der Waals surface area contributed by atoms with Crippen molar-refractivity contribution < 1.29 is 82.3 Å². The standard InChI is InChI=1S/C39H44N6O8.C29H30N6O7.C10H14O/c40-24-2-5-29-35(20-24)53-36-21-25(41)3-6-30(36)37(29)31-19-23(1-4-28(31)39(48)49)38(47)42-11-13-50-15-17-52-18-16-51-14-12-45-34-10-8-27-26(32(27)22-46)7-9-33(34)43-44-45;30-19-2-5-22-25(16-19)42-26-17-20(31)3-6-23(26)27(22)24-15-18(1-4-21(24)29(37)38)28(36)33-7-9-39-11-13-41-14-12-40-10-8-34-35-32;11-7-10-8-5-3-1-2-4-6-9(8)10/h1-6,19-21,26-27,32,40,46H,7-18,22,41H2,(H,42,47)(H,48,49);1-6,15-17,32H,7-14H2,(H4-,30,31,33,36,37,38);8-11H,3-7H2/p+2/t26-,27+,32-;;8-,9+,10?/m1../s1. The number of nitrogens with one attached hydrogen (secondary N) is 4. The summed E-state index contributed by atoms with van der Waals surface area (Å²) in [4.78, 5) is 53.7. The number of aryl methyl sites for hydroxylation is 1. The lowest BCUT2D eigenvalue weighted by Crippen LogP contribution is -2.44. The molecule has 28 heteroatoms. The number of nitrogens with zero attached hydrogens (tertiary/aromatic N) is 5. The van der Waals surface area contributed by atoms with Crippen molar-refractivity contribution in [3.63, 3.8) is 0 Å². The molecule has 6 aliphatic carbocycles. The molecule has 2 saturated carbocycles. The summed E-state index contributed by atoms with van der Waals surface area (Å²) in [5, 5.41) is 72.5. The molecule has 3 heterocycles. The van der Waals surface area contributed by atoms with Crippen LogP contribution in [0.2, 0.25) is 0 Å². The first kappa shape index (κ1) is 76.6. The molecule has 6 atom stereocenters. The van der Waals surface area contributed by atoms with E-state index in [4.69, 9.17) is 70.2 Å². The molecule has 1 unspecified atom stereocenters. The highest BCUT2D eigenvalue weighted by molar-refractivity contribution is 6.11. The minimum atomic E-state index is -1.15. The largest absolute Gasteiger partial charge is 0.478 e. The average molecular weight is 1450 g/mol. The van der Waals surface area contributed by atoms with Gasteiger partial charge < -0.3 is 85.2 Å². The van der Waals surface area contributed by atoms with Crippen molar-refractivity contribution in [1.82, 2.24) is 30.5 Å². The number of aromatic nitrogens is 3. The SMILES string of the molecule is N=[N+]=NCCOCCOCCOCCNC(=O)c1ccc(C(=O)O)c(-c2c3ccc(=N)cc-3oc3cc(N)ccc23)c1.Nc1ccc2c(-c3cc(C(=O)NCCOCCOCCOCCn4nnc5c4CC[C@@H]4[C@H](CO)[C@@H]4CC5)ccc3C(=O)O)c3ccc(=[NH2+])cc-3oc2c1.OCC1[C@H]2CCC#CCC[C@@H]12. The number of hydrogen-bond acceptors (Lipinski definition) is 21. The Balaban J connectivity index is 0.000000188. The molecule has 556 valence electrons. The summed E-state index contributed by atoms with van der Waals surface area (Å²) in [5.74, 6) is 8.12. The van der Waals surface area contributed by atoms with Crippen LogP contribution in [0.4, 0.5) is 11.4 Å². The number of carbonyl (C=O) groups excluding carboxylic acids is 2. The highest BCUT2D eigenvalue weighted by Gasteiger charge is 2.49. The number of ether oxygens (including phenoxy) is 6. The van der Waals surface area contributed by atoms with Gasteiger partial charge in [0, 0.05) is 119 Å². The maximum Gasteiger partial charge on any atom is 0.336 e. The number of carboxylic acid groups (broad SMARTS) is 2. The molecule has 14 N–H and O–H groups in total. The van der Waals surface area contributed by atoms with E-state index < -0.39 is 11.9 Å². The summed E-state index contributed by atoms with van der Waals surface area (Å²) in [5.41, 5.74) is 26.4. The number of carboxylic acids is 2. The Kier molecular flexibility index (Phi) is 27.0. The summed E-state index contributed by atoms with van der Waals surface area (Å²) in [6.45, 7) is 6.68. The molecule has 2 aliphatic heterocycles. The molecular formula is C78H90N12O16+2. The van der Waals surface area contributed by atoms with Crippen LogP contribution in [-0.4, -0.2) is 171 Å². The molecule has 0 spiro atoms. The van der Waals surface area contributed by atoms with Crippen LogP contribution in [0.25, 0.3) is 66.8 Å². The Morgan fingerprint density at radius 1 is 0.575 bits per heavy atom. The number of aliphatic hydroxyl groups excluding tert-OH is 2. The third kappa shape index (κ3) is 19.7. The quantitative estimate of drug-likeness (QED) is 0.00524. The number of carbonyl (C=O) groups is 4. The summed E-state index contributed by atoms with van der Waals surface area (Å²) in [6, 6.07) is 29.2. The number of amides is 2. The van der Waals surface area contributed by atoms with Gasteiger partial charge in [-0.3, -0.25) is 15.0 Å². The van der Waals surface area contributed by atoms with Crippen molar-refractivity contribution in [2.75, 3.05) is 124 Å². The lowest BCUT2D eigenvalue weighted by molar-refractivity contribution is -0.172. The number of hydrogen-bond donors (Lipinski definition) is 11. The topological polar surface area (TPSA) is 437 Å². The molecule has 0 radical (unpaired) electrons. The van der Waals surface area contributed by atoms with E-state index >= 15 is 0 Å². The first-order valence-electron chi connectivity index (χ1n) is 35.7. The maximum atomic E-state index is 13.2. The van der Waals surface area contributed by atoms with Crippen molar-refractivity contribution in [2.45, 2.75) is 57.9 Å². The number of fused-ring (bicyclic) bond motifs is 7. The fourth-order valence-electron chi connectivity index (χ4n) is 14.2. The highest BCUT2D eigenvalue weighted by atomic mass is 16.5. The Morgan fingerprint density at radius 3 is 1.56 bits per heavy atom. The second-order valence-corrected chi connectivity index (χ2v) is 26.3. The van der Waals surface area contributed by atoms with E-state index in [-0.39, 0.29) is 60.2 Å². The number of aromatic carboxylic acids is 2. The minimum absolute atomic E-state index is 0.0132. The van der Waals surface area contributed by atoms with Crippen LogP contribution >= 0.6 is 0 Å². The fraction of sp³-hybridized carbons (Fsp3) is 0.410. The van der Waals surface area contributed by atoms with Gasteiger partial charge in [0.15, 0.2) is 5.36 Å². The molecular weight excluding hydrogens is 1360 g/mol. The average Bonchev–Trinajstić information content (AvgIpc) is 1.43. The number of nitrogens with two attached hydrogens (primary N) is 3. The second kappa shape index (κ2) is 37.4. The number of benzene rings is 6. The van der Waals surface area contributed by atoms with Crippen LogP contribution < -0.4 is 43.1 Å². The van der Waals surface area contributed by atoms with Crippen molar-refractivity contribution >= 4 is 57.1 Å². The molecule has 0 bridgehead atoms. The van der Waals surface area contributed by atoms with Crippen molar-refractivity contribution in [1.29, 1.82) is 10.9 Å². The van der Waals surface area contributed by atoms with Crippen LogP contribution in [0, 0.1) is 58.3 Å². The van der Waals surface area contributed by atoms with E-state index in [9.17, 15) is 34.5 Å². The number of aliphatic hydroxyl groups is 2. The Morgan fingerprint density at radius 2 is 1.05 bits per heavy atom. The smallest absolute Gasteiger partial charge is 0.336 e. The van der Waals surface area contributed by atoms with Crippen LogP contribution in [0.3, 0.4) is 0 Å². The zero-order valence-corrected chi connectivity index (χ0v) is 58.9. The van der Waals surface area contributed by atoms with Gasteiger partial charge in [-0.05, 0) is 164 Å². The van der Waals surface area contributed by atoms with Crippen LogP contribution in [-0.2, 0) is 47.8 Å². The normalized spacial score (nSPS) is 17.6. The molecule has 2 amide bonds. The van der Waals surface area contributed by atoms with Gasteiger partial charge in [-0.1, -0.05) is 5.21 Å². The number of nitrogen functional groups attached to an aromatic ring is 2. The number of anilines is 2. The van der Waals surface area contributed by atoms with Gasteiger partial charge in [-0.15, -0.1) is 16.9 Å². The van der Waals surface area contributed by atoms with Gasteiger partial charge in [0.2, 0.25) is 4.91 Å². The third-order valence-corrected chi connectivity index (χ3v) is 19.6. The number of rotatable bonds is 32. The lowest BCUT2D eigenvalue weighted by atomic mass is 9.89. The zero-order valence-electron chi connectivity index (χ0n) is 58.9. The van der Waals surface area contributed by atoms with Gasteiger partial charge in [0.1, 0.15) is 39.9 Å². The molecule has 1 aromatic heterocycles. The van der Waals surface area contributed by atoms with Crippen LogP contribution in [0.1, 0.15) is 91.3 Å². The third-order valence-electron chi connectivity index (χ3n) is 19.6. The zero-order chi connectivity index (χ0) is 74.5. The Labute approximate surface area is 610 Å². The molecule has 0 saturated heterocycles. The van der Waals surface area contributed by atoms with Crippen molar-refractivity contribution in [3.8, 4) is 56.7 Å². The van der Waals surface area contributed by atoms with Gasteiger partial charge in [0.05, 0.1) is 120 Å². The van der Waals surface area contributed by atoms with Gasteiger partial charge in [-0.2, -0.15) is 0 Å². The molecule has 2 fully saturated rings. The van der Waals surface area contributed by atoms with Gasteiger partial charge >= 0.3 is 11.9 Å². The van der Waals surface area contributed by atoms with E-state index in [2.05, 4.69) is 42.8 Å². The van der Waals surface area contributed by atoms with Crippen molar-refractivity contribution in [2.24, 2.45) is 40.6 Å². The second-order valence-electron chi connectivity index (χ2n) is 26.3. The van der Waals surface area contributed by atoms with Gasteiger partial charge in [0.25, 0.3) is 11.8 Å². The fourth-order valence-corrected chi connectivity index (χ4v) is 14.2. The van der Waals surface area contributed by atoms with E-state index in [0.29, 0.717) is 205 Å². The van der Waals surface area contributed by atoms with E-state index in [1.165, 1.54) is 42.8 Å².